The molecule has 2 rings (SSSR count). The first-order chi connectivity index (χ1) is 7.80. The van der Waals surface area contributed by atoms with E-state index in [1.165, 1.54) is 12.1 Å². The molecule has 4 nitrogen and oxygen atoms in total. The molecule has 0 aliphatic heterocycles. The first kappa shape index (κ1) is 12.4. The topological polar surface area (TPSA) is 71.4 Å². The Hall–Kier alpha value is -1.07. The van der Waals surface area contributed by atoms with Gasteiger partial charge < -0.3 is 5.11 Å². The molecule has 1 N–H and O–H groups in total. The molecule has 1 aromatic carbocycles. The van der Waals surface area contributed by atoms with Crippen molar-refractivity contribution in [2.75, 3.05) is 6.26 Å². The summed E-state index contributed by atoms with van der Waals surface area (Å²) in [6.45, 7) is 0. The Labute approximate surface area is 104 Å². The summed E-state index contributed by atoms with van der Waals surface area (Å²) in [5, 5.41) is 9.05. The third-order valence-electron chi connectivity index (χ3n) is 2.77. The van der Waals surface area contributed by atoms with Crippen LogP contribution in [0.5, 0.6) is 0 Å². The van der Waals surface area contributed by atoms with E-state index in [1.807, 2.05) is 0 Å². The zero-order valence-corrected chi connectivity index (χ0v) is 10.6. The zero-order chi connectivity index (χ0) is 12.8. The van der Waals surface area contributed by atoms with Crippen LogP contribution in [0.2, 0.25) is 0 Å². The lowest BCUT2D eigenvalue weighted by Gasteiger charge is -2.06. The summed E-state index contributed by atoms with van der Waals surface area (Å²) in [6.07, 6.45) is 1.80. The van der Waals surface area contributed by atoms with Gasteiger partial charge in [-0.25, -0.2) is 13.2 Å². The van der Waals surface area contributed by atoms with Crippen molar-refractivity contribution in [1.29, 1.82) is 0 Å². The van der Waals surface area contributed by atoms with Crippen LogP contribution in [0.3, 0.4) is 0 Å². The lowest BCUT2D eigenvalue weighted by Crippen LogP contribution is -2.08. The van der Waals surface area contributed by atoms with Crippen molar-refractivity contribution < 1.29 is 18.3 Å². The number of rotatable bonds is 3. The van der Waals surface area contributed by atoms with Crippen LogP contribution in [-0.2, 0) is 9.84 Å². The van der Waals surface area contributed by atoms with E-state index in [0.717, 1.165) is 18.2 Å². The lowest BCUT2D eigenvalue weighted by molar-refractivity contribution is 0.0692. The average Bonchev–Trinajstić information content (AvgIpc) is 2.93. The van der Waals surface area contributed by atoms with E-state index in [9.17, 15) is 13.2 Å². The van der Waals surface area contributed by atoms with Crippen molar-refractivity contribution in [2.45, 2.75) is 22.6 Å². The van der Waals surface area contributed by atoms with Crippen molar-refractivity contribution in [3.63, 3.8) is 0 Å². The Bertz CT molecular complexity index is 579. The molecule has 0 radical (unpaired) electrons. The van der Waals surface area contributed by atoms with Crippen molar-refractivity contribution in [2.24, 2.45) is 0 Å². The van der Waals surface area contributed by atoms with Crippen molar-refractivity contribution in [1.82, 2.24) is 0 Å². The summed E-state index contributed by atoms with van der Waals surface area (Å²) in [4.78, 5) is 10.9. The van der Waals surface area contributed by atoms with Gasteiger partial charge >= 0.3 is 5.97 Å². The number of alkyl halides is 1. The highest BCUT2D eigenvalue weighted by Gasteiger charge is 2.37. The molecular weight excluding hydrogens is 264 g/mol. The van der Waals surface area contributed by atoms with Crippen LogP contribution in [0.1, 0.15) is 28.3 Å². The predicted octanol–water partition coefficient (Wildman–Crippen LogP) is 1.88. The maximum atomic E-state index is 11.4. The summed E-state index contributed by atoms with van der Waals surface area (Å²) in [7, 11) is -3.53. The van der Waals surface area contributed by atoms with E-state index in [1.54, 1.807) is 6.07 Å². The molecule has 6 heteroatoms. The fourth-order valence-corrected chi connectivity index (χ4v) is 2.98. The van der Waals surface area contributed by atoms with Gasteiger partial charge in [-0.2, -0.15) is 0 Å². The summed E-state index contributed by atoms with van der Waals surface area (Å²) in [5.74, 6) is -1.09. The molecule has 17 heavy (non-hydrogen) atoms. The van der Waals surface area contributed by atoms with Gasteiger partial charge in [-0.3, -0.25) is 0 Å². The van der Waals surface area contributed by atoms with Crippen LogP contribution < -0.4 is 0 Å². The Morgan fingerprint density at radius 1 is 1.47 bits per heavy atom. The molecule has 0 bridgehead atoms. The molecule has 0 amide bonds. The first-order valence-corrected chi connectivity index (χ1v) is 7.35. The number of carboxylic acid groups (broad SMARTS) is 1. The average molecular weight is 275 g/mol. The van der Waals surface area contributed by atoms with E-state index < -0.39 is 15.8 Å². The number of benzene rings is 1. The highest BCUT2D eigenvalue weighted by atomic mass is 35.5. The van der Waals surface area contributed by atoms with Crippen LogP contribution in [0.25, 0.3) is 0 Å². The van der Waals surface area contributed by atoms with Crippen molar-refractivity contribution >= 4 is 27.4 Å². The molecule has 1 saturated carbocycles. The number of aromatic carboxylic acids is 1. The van der Waals surface area contributed by atoms with Crippen LogP contribution >= 0.6 is 11.6 Å². The van der Waals surface area contributed by atoms with E-state index in [-0.39, 0.29) is 21.8 Å². The highest BCUT2D eigenvalue weighted by molar-refractivity contribution is 7.90. The molecular formula is C11H11ClO4S. The molecule has 0 aromatic heterocycles. The number of carbonyl (C=O) groups is 1. The Kier molecular flexibility index (Phi) is 2.91. The molecule has 1 aromatic rings. The molecule has 1 fully saturated rings. The van der Waals surface area contributed by atoms with E-state index in [0.29, 0.717) is 0 Å². The third-order valence-corrected chi connectivity index (χ3v) is 4.41. The summed E-state index contributed by atoms with van der Waals surface area (Å²) in [6, 6.07) is 4.39. The van der Waals surface area contributed by atoms with E-state index in [4.69, 9.17) is 16.7 Å². The van der Waals surface area contributed by atoms with Gasteiger partial charge in [-0.05, 0) is 24.1 Å². The maximum absolute atomic E-state index is 11.4. The summed E-state index contributed by atoms with van der Waals surface area (Å²) < 4.78 is 22.9. The second-order valence-electron chi connectivity index (χ2n) is 4.19. The SMILES string of the molecule is CS(=O)(=O)c1ccc(C2CC2Cl)cc1C(=O)O. The van der Waals surface area contributed by atoms with Gasteiger partial charge in [0, 0.05) is 17.6 Å². The normalized spacial score (nSPS) is 23.4. The number of carboxylic acids is 1. The fraction of sp³-hybridized carbons (Fsp3) is 0.364. The van der Waals surface area contributed by atoms with Crippen LogP contribution in [0, 0.1) is 0 Å². The van der Waals surface area contributed by atoms with E-state index in [2.05, 4.69) is 0 Å². The number of hydrogen-bond donors (Lipinski definition) is 1. The number of halogens is 1. The molecule has 0 spiro atoms. The van der Waals surface area contributed by atoms with Gasteiger partial charge in [0.05, 0.1) is 10.5 Å². The standard InChI is InChI=1S/C11H11ClO4S/c1-17(15,16)10-3-2-6(7-5-9(7)12)4-8(10)11(13)14/h2-4,7,9H,5H2,1H3,(H,13,14). The molecule has 92 valence electrons. The molecule has 1 aliphatic carbocycles. The largest absolute Gasteiger partial charge is 0.478 e. The minimum absolute atomic E-state index is 0.0285. The summed E-state index contributed by atoms with van der Waals surface area (Å²) in [5.41, 5.74) is 0.607. The summed E-state index contributed by atoms with van der Waals surface area (Å²) >= 11 is 5.88. The third kappa shape index (κ3) is 2.45. The van der Waals surface area contributed by atoms with Crippen LogP contribution in [0.4, 0.5) is 0 Å². The second-order valence-corrected chi connectivity index (χ2v) is 6.74. The van der Waals surface area contributed by atoms with Gasteiger partial charge in [0.2, 0.25) is 0 Å². The van der Waals surface area contributed by atoms with Gasteiger partial charge in [-0.15, -0.1) is 11.6 Å². The minimum atomic E-state index is -3.53. The maximum Gasteiger partial charge on any atom is 0.337 e. The van der Waals surface area contributed by atoms with Gasteiger partial charge in [0.25, 0.3) is 0 Å². The molecule has 2 atom stereocenters. The predicted molar refractivity (Wildman–Crippen MR) is 63.5 cm³/mol. The molecule has 0 saturated heterocycles. The minimum Gasteiger partial charge on any atom is -0.478 e. The van der Waals surface area contributed by atoms with Crippen molar-refractivity contribution in [3.05, 3.63) is 29.3 Å². The van der Waals surface area contributed by atoms with Gasteiger partial charge in [0.15, 0.2) is 9.84 Å². The zero-order valence-electron chi connectivity index (χ0n) is 9.05. The number of hydrogen-bond acceptors (Lipinski definition) is 3. The van der Waals surface area contributed by atoms with Gasteiger partial charge in [0.1, 0.15) is 0 Å². The quantitative estimate of drug-likeness (QED) is 0.855. The smallest absolute Gasteiger partial charge is 0.337 e. The fourth-order valence-electron chi connectivity index (χ4n) is 1.78. The lowest BCUT2D eigenvalue weighted by atomic mass is 10.1. The number of sulfone groups is 1. The van der Waals surface area contributed by atoms with Crippen molar-refractivity contribution in [3.8, 4) is 0 Å². The van der Waals surface area contributed by atoms with Gasteiger partial charge in [-0.1, -0.05) is 6.07 Å². The van der Waals surface area contributed by atoms with Crippen LogP contribution in [-0.4, -0.2) is 31.1 Å². The Morgan fingerprint density at radius 3 is 2.47 bits per heavy atom. The first-order valence-electron chi connectivity index (χ1n) is 5.02. The monoisotopic (exact) mass is 274 g/mol. The van der Waals surface area contributed by atoms with Crippen LogP contribution in [0.15, 0.2) is 23.1 Å². The second kappa shape index (κ2) is 3.99. The van der Waals surface area contributed by atoms with E-state index >= 15 is 0 Å². The Morgan fingerprint density at radius 2 is 2.06 bits per heavy atom. The molecule has 0 heterocycles. The highest BCUT2D eigenvalue weighted by Crippen LogP contribution is 2.45. The Balaban J connectivity index is 2.53. The molecule has 2 unspecified atom stereocenters. The molecule has 1 aliphatic rings.